The van der Waals surface area contributed by atoms with Gasteiger partial charge in [0.1, 0.15) is 11.4 Å². The molecule has 0 saturated carbocycles. The summed E-state index contributed by atoms with van der Waals surface area (Å²) in [7, 11) is 0. The second-order valence-electron chi connectivity index (χ2n) is 5.47. The molecule has 0 aliphatic rings. The molecule has 112 valence electrons. The van der Waals surface area contributed by atoms with Gasteiger partial charge >= 0.3 is 6.09 Å². The number of hydrogen-bond acceptors (Lipinski definition) is 4. The smallest absolute Gasteiger partial charge is 0.407 e. The molecule has 1 aromatic rings. The molecule has 0 aliphatic carbocycles. The van der Waals surface area contributed by atoms with Crippen LogP contribution in [0.3, 0.4) is 0 Å². The highest BCUT2D eigenvalue weighted by Gasteiger charge is 2.17. The van der Waals surface area contributed by atoms with Crippen LogP contribution in [0.15, 0.2) is 24.3 Å². The third-order valence-corrected chi connectivity index (χ3v) is 2.37. The highest BCUT2D eigenvalue weighted by molar-refractivity contribution is 5.67. The van der Waals surface area contributed by atoms with E-state index in [-0.39, 0.29) is 11.9 Å². The first-order chi connectivity index (χ1) is 9.30. The largest absolute Gasteiger partial charge is 0.444 e. The molecule has 0 bridgehead atoms. The summed E-state index contributed by atoms with van der Waals surface area (Å²) in [4.78, 5) is 11.5. The topological polar surface area (TPSA) is 76.4 Å². The molecular formula is C14H22FN3O2. The number of hydrogen-bond donors (Lipinski definition) is 3. The highest BCUT2D eigenvalue weighted by atomic mass is 19.1. The number of amides is 1. The van der Waals surface area contributed by atoms with Gasteiger partial charge in [-0.05, 0) is 39.0 Å². The molecule has 0 saturated heterocycles. The van der Waals surface area contributed by atoms with Crippen LogP contribution in [0.2, 0.25) is 0 Å². The molecule has 1 amide bonds. The van der Waals surface area contributed by atoms with Crippen LogP contribution in [0.1, 0.15) is 20.8 Å². The van der Waals surface area contributed by atoms with E-state index in [1.165, 1.54) is 12.1 Å². The molecule has 0 heterocycles. The van der Waals surface area contributed by atoms with Gasteiger partial charge in [0.05, 0.1) is 6.04 Å². The number of alkyl carbamates (subject to hydrolysis) is 1. The van der Waals surface area contributed by atoms with Gasteiger partial charge in [-0.2, -0.15) is 0 Å². The lowest BCUT2D eigenvalue weighted by atomic mass is 10.2. The van der Waals surface area contributed by atoms with Crippen molar-refractivity contribution in [3.05, 3.63) is 30.1 Å². The van der Waals surface area contributed by atoms with Crippen LogP contribution < -0.4 is 16.4 Å². The Balaban J connectivity index is 2.46. The van der Waals surface area contributed by atoms with E-state index in [0.717, 1.165) is 0 Å². The third-order valence-electron chi connectivity index (χ3n) is 2.37. The second kappa shape index (κ2) is 7.09. The molecule has 0 fully saturated rings. The summed E-state index contributed by atoms with van der Waals surface area (Å²) in [6.07, 6.45) is -0.503. The van der Waals surface area contributed by atoms with E-state index in [2.05, 4.69) is 10.6 Å². The van der Waals surface area contributed by atoms with Crippen molar-refractivity contribution in [3.8, 4) is 0 Å². The van der Waals surface area contributed by atoms with Crippen molar-refractivity contribution in [1.29, 1.82) is 0 Å². The van der Waals surface area contributed by atoms with Gasteiger partial charge in [-0.3, -0.25) is 0 Å². The van der Waals surface area contributed by atoms with Crippen molar-refractivity contribution in [2.24, 2.45) is 5.73 Å². The first kappa shape index (κ1) is 16.2. The summed E-state index contributed by atoms with van der Waals surface area (Å²) >= 11 is 0. The average Bonchev–Trinajstić information content (AvgIpc) is 2.32. The minimum atomic E-state index is -0.543. The molecule has 1 unspecified atom stereocenters. The number of carbonyl (C=O) groups excluding carboxylic acids is 1. The zero-order valence-electron chi connectivity index (χ0n) is 12.1. The molecule has 0 aromatic heterocycles. The number of ether oxygens (including phenoxy) is 1. The van der Waals surface area contributed by atoms with Crippen LogP contribution in [0.25, 0.3) is 0 Å². The number of anilines is 1. The monoisotopic (exact) mass is 283 g/mol. The Morgan fingerprint density at radius 1 is 1.45 bits per heavy atom. The van der Waals surface area contributed by atoms with Gasteiger partial charge in [0.25, 0.3) is 0 Å². The van der Waals surface area contributed by atoms with E-state index < -0.39 is 11.7 Å². The molecule has 20 heavy (non-hydrogen) atoms. The maximum atomic E-state index is 13.1. The maximum absolute atomic E-state index is 13.1. The first-order valence-electron chi connectivity index (χ1n) is 6.49. The lowest BCUT2D eigenvalue weighted by molar-refractivity contribution is 0.0526. The Kier molecular flexibility index (Phi) is 5.76. The van der Waals surface area contributed by atoms with Crippen LogP contribution in [-0.4, -0.2) is 30.8 Å². The number of nitrogens with two attached hydrogens (primary N) is 1. The third kappa shape index (κ3) is 6.38. The Labute approximate surface area is 118 Å². The summed E-state index contributed by atoms with van der Waals surface area (Å²) in [6, 6.07) is 5.87. The molecule has 1 rings (SSSR count). The van der Waals surface area contributed by atoms with Crippen molar-refractivity contribution < 1.29 is 13.9 Å². The number of carbonyl (C=O) groups is 1. The van der Waals surface area contributed by atoms with Crippen molar-refractivity contribution >= 4 is 11.8 Å². The Hall–Kier alpha value is -1.82. The normalized spacial score (nSPS) is 12.7. The maximum Gasteiger partial charge on any atom is 0.407 e. The van der Waals surface area contributed by atoms with E-state index in [0.29, 0.717) is 18.8 Å². The molecule has 0 aliphatic heterocycles. The Morgan fingerprint density at radius 3 is 2.70 bits per heavy atom. The quantitative estimate of drug-likeness (QED) is 0.773. The SMILES string of the molecule is CC(C)(C)OC(=O)NCC(CN)Nc1cccc(F)c1. The Bertz CT molecular complexity index is 446. The van der Waals surface area contributed by atoms with Gasteiger partial charge < -0.3 is 21.1 Å². The van der Waals surface area contributed by atoms with E-state index in [9.17, 15) is 9.18 Å². The Morgan fingerprint density at radius 2 is 2.15 bits per heavy atom. The lowest BCUT2D eigenvalue weighted by Crippen LogP contribution is -2.42. The summed E-state index contributed by atoms with van der Waals surface area (Å²) < 4.78 is 18.2. The van der Waals surface area contributed by atoms with Crippen molar-refractivity contribution in [1.82, 2.24) is 5.32 Å². The van der Waals surface area contributed by atoms with E-state index in [1.54, 1.807) is 32.9 Å². The van der Waals surface area contributed by atoms with Crippen molar-refractivity contribution in [2.75, 3.05) is 18.4 Å². The van der Waals surface area contributed by atoms with Crippen molar-refractivity contribution in [3.63, 3.8) is 0 Å². The number of benzene rings is 1. The summed E-state index contributed by atoms with van der Waals surface area (Å²) in [5, 5.41) is 5.68. The zero-order valence-corrected chi connectivity index (χ0v) is 12.1. The molecule has 5 nitrogen and oxygen atoms in total. The second-order valence-corrected chi connectivity index (χ2v) is 5.47. The molecular weight excluding hydrogens is 261 g/mol. The molecule has 0 spiro atoms. The molecule has 0 radical (unpaired) electrons. The first-order valence-corrected chi connectivity index (χ1v) is 6.49. The summed E-state index contributed by atoms with van der Waals surface area (Å²) in [5.74, 6) is -0.328. The minimum absolute atomic E-state index is 0.204. The van der Waals surface area contributed by atoms with Crippen LogP contribution in [0.5, 0.6) is 0 Å². The number of nitrogens with one attached hydrogen (secondary N) is 2. The van der Waals surface area contributed by atoms with E-state index in [1.807, 2.05) is 0 Å². The molecule has 1 atom stereocenters. The summed E-state index contributed by atoms with van der Waals surface area (Å²) in [5.41, 5.74) is 5.70. The summed E-state index contributed by atoms with van der Waals surface area (Å²) in [6.45, 7) is 5.96. The van der Waals surface area contributed by atoms with Gasteiger partial charge in [0.2, 0.25) is 0 Å². The highest BCUT2D eigenvalue weighted by Crippen LogP contribution is 2.10. The fraction of sp³-hybridized carbons (Fsp3) is 0.500. The minimum Gasteiger partial charge on any atom is -0.444 e. The van der Waals surface area contributed by atoms with Gasteiger partial charge in [-0.25, -0.2) is 9.18 Å². The van der Waals surface area contributed by atoms with Crippen LogP contribution in [-0.2, 0) is 4.74 Å². The predicted molar refractivity (Wildman–Crippen MR) is 77.1 cm³/mol. The van der Waals surface area contributed by atoms with Crippen LogP contribution in [0.4, 0.5) is 14.9 Å². The van der Waals surface area contributed by atoms with Gasteiger partial charge in [0, 0.05) is 18.8 Å². The van der Waals surface area contributed by atoms with Gasteiger partial charge in [0.15, 0.2) is 0 Å². The van der Waals surface area contributed by atoms with E-state index in [4.69, 9.17) is 10.5 Å². The fourth-order valence-electron chi connectivity index (χ4n) is 1.53. The zero-order chi connectivity index (χ0) is 15.2. The van der Waals surface area contributed by atoms with E-state index >= 15 is 0 Å². The lowest BCUT2D eigenvalue weighted by Gasteiger charge is -2.22. The van der Waals surface area contributed by atoms with Gasteiger partial charge in [-0.1, -0.05) is 6.07 Å². The standard InChI is InChI=1S/C14H22FN3O2/c1-14(2,3)20-13(19)17-9-12(8-16)18-11-6-4-5-10(15)7-11/h4-7,12,18H,8-9,16H2,1-3H3,(H,17,19). The van der Waals surface area contributed by atoms with Crippen molar-refractivity contribution in [2.45, 2.75) is 32.4 Å². The molecule has 1 aromatic carbocycles. The average molecular weight is 283 g/mol. The van der Waals surface area contributed by atoms with Crippen LogP contribution >= 0.6 is 0 Å². The number of halogens is 1. The molecule has 6 heteroatoms. The van der Waals surface area contributed by atoms with Crippen LogP contribution in [0, 0.1) is 5.82 Å². The predicted octanol–water partition coefficient (Wildman–Crippen LogP) is 2.09. The fourth-order valence-corrected chi connectivity index (χ4v) is 1.53. The molecule has 4 N–H and O–H groups in total. The van der Waals surface area contributed by atoms with Gasteiger partial charge in [-0.15, -0.1) is 0 Å². The number of rotatable bonds is 5.